The lowest BCUT2D eigenvalue weighted by Gasteiger charge is -2.14. The van der Waals surface area contributed by atoms with Crippen molar-refractivity contribution in [2.24, 2.45) is 5.73 Å². The maximum Gasteiger partial charge on any atom is 0.332 e. The van der Waals surface area contributed by atoms with Crippen molar-refractivity contribution in [3.8, 4) is 0 Å². The summed E-state index contributed by atoms with van der Waals surface area (Å²) in [4.78, 5) is 10.5. The summed E-state index contributed by atoms with van der Waals surface area (Å²) in [7, 11) is 0. The number of hydrogen-bond donors (Lipinski definition) is 2. The SMILES string of the molecule is CCC(N)COC(CC)C(=O)O. The molecule has 0 radical (unpaired) electrons. The maximum atomic E-state index is 10.5. The Morgan fingerprint density at radius 2 is 2.08 bits per heavy atom. The Labute approximate surface area is 72.7 Å². The lowest BCUT2D eigenvalue weighted by Crippen LogP contribution is -2.31. The Bertz CT molecular complexity index is 138. The van der Waals surface area contributed by atoms with Crippen LogP contribution in [0.5, 0.6) is 0 Å². The van der Waals surface area contributed by atoms with Crippen LogP contribution in [0.3, 0.4) is 0 Å². The van der Waals surface area contributed by atoms with Crippen LogP contribution in [0, 0.1) is 0 Å². The monoisotopic (exact) mass is 175 g/mol. The summed E-state index contributed by atoms with van der Waals surface area (Å²) in [5, 5.41) is 8.59. The molecule has 0 aromatic carbocycles. The van der Waals surface area contributed by atoms with Gasteiger partial charge in [0.2, 0.25) is 0 Å². The average molecular weight is 175 g/mol. The van der Waals surface area contributed by atoms with Crippen LogP contribution < -0.4 is 5.73 Å². The van der Waals surface area contributed by atoms with Gasteiger partial charge in [-0.1, -0.05) is 13.8 Å². The topological polar surface area (TPSA) is 72.5 Å². The summed E-state index contributed by atoms with van der Waals surface area (Å²) >= 11 is 0. The minimum atomic E-state index is -0.916. The van der Waals surface area contributed by atoms with Gasteiger partial charge < -0.3 is 15.6 Å². The van der Waals surface area contributed by atoms with E-state index >= 15 is 0 Å². The number of hydrogen-bond acceptors (Lipinski definition) is 3. The van der Waals surface area contributed by atoms with E-state index in [9.17, 15) is 4.79 Å². The van der Waals surface area contributed by atoms with E-state index in [0.717, 1.165) is 6.42 Å². The smallest absolute Gasteiger partial charge is 0.332 e. The molecule has 0 heterocycles. The number of rotatable bonds is 6. The van der Waals surface area contributed by atoms with E-state index < -0.39 is 12.1 Å². The van der Waals surface area contributed by atoms with E-state index in [4.69, 9.17) is 15.6 Å². The molecule has 0 aromatic heterocycles. The highest BCUT2D eigenvalue weighted by atomic mass is 16.5. The third kappa shape index (κ3) is 4.31. The normalized spacial score (nSPS) is 15.6. The number of carboxylic acids is 1. The molecule has 0 aliphatic rings. The van der Waals surface area contributed by atoms with Crippen molar-refractivity contribution in [2.45, 2.75) is 38.8 Å². The first-order valence-corrected chi connectivity index (χ1v) is 4.21. The van der Waals surface area contributed by atoms with Crippen LogP contribution in [0.1, 0.15) is 26.7 Å². The number of carboxylic acid groups (broad SMARTS) is 1. The average Bonchev–Trinajstić information content (AvgIpc) is 2.04. The van der Waals surface area contributed by atoms with Crippen LogP contribution in [0.25, 0.3) is 0 Å². The van der Waals surface area contributed by atoms with E-state index in [2.05, 4.69) is 0 Å². The summed E-state index contributed by atoms with van der Waals surface area (Å²) < 4.78 is 5.08. The van der Waals surface area contributed by atoms with Gasteiger partial charge in [0.05, 0.1) is 6.61 Å². The van der Waals surface area contributed by atoms with Crippen LogP contribution >= 0.6 is 0 Å². The molecule has 4 heteroatoms. The number of nitrogens with two attached hydrogens (primary N) is 1. The second kappa shape index (κ2) is 5.97. The minimum absolute atomic E-state index is 0.0570. The molecule has 0 bridgehead atoms. The van der Waals surface area contributed by atoms with E-state index in [0.29, 0.717) is 13.0 Å². The summed E-state index contributed by atoms with van der Waals surface area (Å²) in [6.07, 6.45) is 0.574. The molecule has 0 rings (SSSR count). The summed E-state index contributed by atoms with van der Waals surface area (Å²) in [6.45, 7) is 4.04. The molecule has 0 amide bonds. The van der Waals surface area contributed by atoms with E-state index in [1.54, 1.807) is 6.92 Å². The fourth-order valence-corrected chi connectivity index (χ4v) is 0.721. The molecule has 0 aliphatic carbocycles. The molecular weight excluding hydrogens is 158 g/mol. The largest absolute Gasteiger partial charge is 0.479 e. The zero-order valence-corrected chi connectivity index (χ0v) is 7.62. The van der Waals surface area contributed by atoms with Crippen molar-refractivity contribution < 1.29 is 14.6 Å². The highest BCUT2D eigenvalue weighted by Crippen LogP contribution is 1.99. The maximum absolute atomic E-state index is 10.5. The van der Waals surface area contributed by atoms with Gasteiger partial charge in [-0.2, -0.15) is 0 Å². The first-order chi connectivity index (χ1) is 5.61. The Morgan fingerprint density at radius 1 is 1.50 bits per heavy atom. The van der Waals surface area contributed by atoms with Gasteiger partial charge in [0, 0.05) is 6.04 Å². The lowest BCUT2D eigenvalue weighted by atomic mass is 10.2. The second-order valence-corrected chi connectivity index (χ2v) is 2.74. The molecule has 0 fully saturated rings. The highest BCUT2D eigenvalue weighted by Gasteiger charge is 2.15. The van der Waals surface area contributed by atoms with Gasteiger partial charge in [-0.25, -0.2) is 4.79 Å². The van der Waals surface area contributed by atoms with Crippen molar-refractivity contribution in [3.05, 3.63) is 0 Å². The standard InChI is InChI=1S/C8H17NO3/c1-3-6(9)5-12-7(4-2)8(10)11/h6-7H,3-5,9H2,1-2H3,(H,10,11). The molecule has 0 saturated heterocycles. The Morgan fingerprint density at radius 3 is 2.42 bits per heavy atom. The first kappa shape index (κ1) is 11.4. The molecule has 3 N–H and O–H groups in total. The van der Waals surface area contributed by atoms with Crippen molar-refractivity contribution in [1.29, 1.82) is 0 Å². The van der Waals surface area contributed by atoms with Gasteiger partial charge in [-0.05, 0) is 12.8 Å². The predicted octanol–water partition coefficient (Wildman–Crippen LogP) is 0.603. The quantitative estimate of drug-likeness (QED) is 0.620. The van der Waals surface area contributed by atoms with E-state index in [1.165, 1.54) is 0 Å². The van der Waals surface area contributed by atoms with Crippen LogP contribution in [0.4, 0.5) is 0 Å². The van der Waals surface area contributed by atoms with Crippen molar-refractivity contribution in [3.63, 3.8) is 0 Å². The molecule has 72 valence electrons. The third-order valence-corrected chi connectivity index (χ3v) is 1.68. The van der Waals surface area contributed by atoms with Gasteiger partial charge in [0.25, 0.3) is 0 Å². The van der Waals surface area contributed by atoms with Crippen LogP contribution in [0.15, 0.2) is 0 Å². The van der Waals surface area contributed by atoms with Crippen molar-refractivity contribution in [1.82, 2.24) is 0 Å². The summed E-state index contributed by atoms with van der Waals surface area (Å²) in [6, 6.07) is -0.0570. The van der Waals surface area contributed by atoms with Gasteiger partial charge in [-0.15, -0.1) is 0 Å². The van der Waals surface area contributed by atoms with Gasteiger partial charge in [0.15, 0.2) is 6.10 Å². The third-order valence-electron chi connectivity index (χ3n) is 1.68. The van der Waals surface area contributed by atoms with E-state index in [1.807, 2.05) is 6.92 Å². The second-order valence-electron chi connectivity index (χ2n) is 2.74. The first-order valence-electron chi connectivity index (χ1n) is 4.21. The molecule has 0 aromatic rings. The zero-order valence-electron chi connectivity index (χ0n) is 7.62. The molecule has 0 aliphatic heterocycles. The lowest BCUT2D eigenvalue weighted by molar-refractivity contribution is -0.150. The van der Waals surface area contributed by atoms with Gasteiger partial charge >= 0.3 is 5.97 Å². The summed E-state index contributed by atoms with van der Waals surface area (Å²) in [5.41, 5.74) is 5.56. The zero-order chi connectivity index (χ0) is 9.56. The Balaban J connectivity index is 3.65. The van der Waals surface area contributed by atoms with E-state index in [-0.39, 0.29) is 6.04 Å². The summed E-state index contributed by atoms with van der Waals surface area (Å²) in [5.74, 6) is -0.916. The molecule has 12 heavy (non-hydrogen) atoms. The minimum Gasteiger partial charge on any atom is -0.479 e. The molecule has 0 spiro atoms. The number of carbonyl (C=O) groups is 1. The number of ether oxygens (including phenoxy) is 1. The molecule has 4 nitrogen and oxygen atoms in total. The fourth-order valence-electron chi connectivity index (χ4n) is 0.721. The molecule has 2 unspecified atom stereocenters. The fraction of sp³-hybridized carbons (Fsp3) is 0.875. The van der Waals surface area contributed by atoms with Crippen LogP contribution in [0.2, 0.25) is 0 Å². The highest BCUT2D eigenvalue weighted by molar-refractivity contribution is 5.72. The van der Waals surface area contributed by atoms with Gasteiger partial charge in [0.1, 0.15) is 0 Å². The Hall–Kier alpha value is -0.610. The predicted molar refractivity (Wildman–Crippen MR) is 45.9 cm³/mol. The molecular formula is C8H17NO3. The van der Waals surface area contributed by atoms with Crippen molar-refractivity contribution >= 4 is 5.97 Å². The Kier molecular flexibility index (Phi) is 5.66. The molecule has 2 atom stereocenters. The van der Waals surface area contributed by atoms with Crippen LogP contribution in [-0.4, -0.2) is 29.8 Å². The van der Waals surface area contributed by atoms with Crippen molar-refractivity contribution in [2.75, 3.05) is 6.61 Å². The van der Waals surface area contributed by atoms with Gasteiger partial charge in [-0.3, -0.25) is 0 Å². The molecule has 0 saturated carbocycles. The van der Waals surface area contributed by atoms with Crippen LogP contribution in [-0.2, 0) is 9.53 Å². The number of aliphatic carboxylic acids is 1.